The van der Waals surface area contributed by atoms with E-state index >= 15 is 0 Å². The highest BCUT2D eigenvalue weighted by atomic mass is 16.2. The molecule has 0 unspecified atom stereocenters. The summed E-state index contributed by atoms with van der Waals surface area (Å²) >= 11 is 0. The molecule has 0 bridgehead atoms. The molecule has 0 atom stereocenters. The van der Waals surface area contributed by atoms with Crippen molar-refractivity contribution in [2.45, 2.75) is 32.6 Å². The summed E-state index contributed by atoms with van der Waals surface area (Å²) in [6.07, 6.45) is 4.20. The van der Waals surface area contributed by atoms with E-state index in [4.69, 9.17) is 0 Å². The number of hydrogen-bond acceptors (Lipinski definition) is 3. The highest BCUT2D eigenvalue weighted by Gasteiger charge is 2.33. The van der Waals surface area contributed by atoms with Gasteiger partial charge >= 0.3 is 0 Å². The molecule has 0 saturated carbocycles. The summed E-state index contributed by atoms with van der Waals surface area (Å²) in [6, 6.07) is 9.80. The van der Waals surface area contributed by atoms with Gasteiger partial charge in [-0.25, -0.2) is 0 Å². The molecule has 0 N–H and O–H groups in total. The molecule has 4 rings (SSSR count). The molecule has 4 heteroatoms. The van der Waals surface area contributed by atoms with Crippen LogP contribution in [0.2, 0.25) is 0 Å². The summed E-state index contributed by atoms with van der Waals surface area (Å²) in [6.45, 7) is 4.65. The number of benzene rings is 2. The number of anilines is 1. The van der Waals surface area contributed by atoms with Gasteiger partial charge in [0.1, 0.15) is 0 Å². The number of rotatable bonds is 4. The van der Waals surface area contributed by atoms with E-state index in [9.17, 15) is 9.59 Å². The van der Waals surface area contributed by atoms with Gasteiger partial charge in [0.15, 0.2) is 0 Å². The number of amides is 2. The fourth-order valence-electron chi connectivity index (χ4n) is 3.88. The van der Waals surface area contributed by atoms with Crippen LogP contribution in [0.25, 0.3) is 10.8 Å². The second-order valence-electron chi connectivity index (χ2n) is 6.67. The van der Waals surface area contributed by atoms with Crippen molar-refractivity contribution in [3.63, 3.8) is 0 Å². The van der Waals surface area contributed by atoms with Crippen molar-refractivity contribution >= 4 is 28.3 Å². The molecule has 2 aromatic carbocycles. The fraction of sp³-hybridized carbons (Fsp3) is 0.400. The van der Waals surface area contributed by atoms with Gasteiger partial charge in [0.25, 0.3) is 11.8 Å². The highest BCUT2D eigenvalue weighted by molar-refractivity contribution is 6.26. The number of imide groups is 1. The lowest BCUT2D eigenvalue weighted by Crippen LogP contribution is -2.41. The number of carbonyl (C=O) groups is 2. The number of nitrogens with zero attached hydrogens (tertiary/aromatic N) is 2. The lowest BCUT2D eigenvalue weighted by atomic mass is 9.92. The minimum atomic E-state index is -0.148. The smallest absolute Gasteiger partial charge is 0.261 e. The molecule has 2 aromatic rings. The third kappa shape index (κ3) is 2.20. The Hall–Kier alpha value is -2.36. The Morgan fingerprint density at radius 1 is 0.958 bits per heavy atom. The van der Waals surface area contributed by atoms with Crippen LogP contribution in [0.5, 0.6) is 0 Å². The van der Waals surface area contributed by atoms with Crippen molar-refractivity contribution in [1.82, 2.24) is 4.90 Å². The van der Waals surface area contributed by atoms with E-state index in [1.54, 1.807) is 0 Å². The summed E-state index contributed by atoms with van der Waals surface area (Å²) in [5, 5.41) is 1.87. The van der Waals surface area contributed by atoms with Gasteiger partial charge in [0, 0.05) is 47.2 Å². The topological polar surface area (TPSA) is 40.6 Å². The molecular formula is C20H22N2O2. The Morgan fingerprint density at radius 3 is 2.38 bits per heavy atom. The van der Waals surface area contributed by atoms with Gasteiger partial charge in [-0.05, 0) is 37.5 Å². The van der Waals surface area contributed by atoms with E-state index in [2.05, 4.69) is 17.9 Å². The molecule has 0 aliphatic carbocycles. The highest BCUT2D eigenvalue weighted by Crippen LogP contribution is 2.37. The maximum Gasteiger partial charge on any atom is 0.261 e. The molecule has 0 spiro atoms. The van der Waals surface area contributed by atoms with Gasteiger partial charge in [0.2, 0.25) is 0 Å². The van der Waals surface area contributed by atoms with Crippen molar-refractivity contribution in [2.75, 3.05) is 24.5 Å². The quantitative estimate of drug-likeness (QED) is 0.803. The van der Waals surface area contributed by atoms with E-state index in [1.165, 1.54) is 17.7 Å². The molecule has 124 valence electrons. The largest absolute Gasteiger partial charge is 0.371 e. The Labute approximate surface area is 142 Å². The second kappa shape index (κ2) is 5.93. The fourth-order valence-corrected chi connectivity index (χ4v) is 3.88. The van der Waals surface area contributed by atoms with Gasteiger partial charge in [-0.3, -0.25) is 14.5 Å². The molecule has 24 heavy (non-hydrogen) atoms. The minimum absolute atomic E-state index is 0.148. The van der Waals surface area contributed by atoms with E-state index in [0.29, 0.717) is 17.7 Å². The summed E-state index contributed by atoms with van der Waals surface area (Å²) in [5.74, 6) is -0.296. The third-order valence-electron chi connectivity index (χ3n) is 5.15. The first-order valence-electron chi connectivity index (χ1n) is 8.89. The predicted octanol–water partition coefficient (Wildman–Crippen LogP) is 3.84. The van der Waals surface area contributed by atoms with E-state index in [1.807, 2.05) is 24.3 Å². The van der Waals surface area contributed by atoms with Crippen molar-refractivity contribution in [3.8, 4) is 0 Å². The zero-order valence-corrected chi connectivity index (χ0v) is 14.0. The molecule has 1 fully saturated rings. The molecule has 0 aromatic heterocycles. The predicted molar refractivity (Wildman–Crippen MR) is 95.7 cm³/mol. The summed E-state index contributed by atoms with van der Waals surface area (Å²) in [4.78, 5) is 29.5. The van der Waals surface area contributed by atoms with Crippen molar-refractivity contribution in [2.24, 2.45) is 0 Å². The SMILES string of the molecule is CCCCN1C(=O)c2cccc3c(N4CCCC4)ccc(c23)C1=O. The maximum atomic E-state index is 12.8. The molecular weight excluding hydrogens is 300 g/mol. The van der Waals surface area contributed by atoms with Crippen LogP contribution in [0.1, 0.15) is 53.3 Å². The minimum Gasteiger partial charge on any atom is -0.371 e. The third-order valence-corrected chi connectivity index (χ3v) is 5.15. The maximum absolute atomic E-state index is 12.8. The van der Waals surface area contributed by atoms with Crippen LogP contribution in [0.4, 0.5) is 5.69 Å². The molecule has 2 aliphatic rings. The first-order valence-corrected chi connectivity index (χ1v) is 8.89. The molecule has 2 aliphatic heterocycles. The monoisotopic (exact) mass is 322 g/mol. The second-order valence-corrected chi connectivity index (χ2v) is 6.67. The van der Waals surface area contributed by atoms with Crippen molar-refractivity contribution in [3.05, 3.63) is 41.5 Å². The van der Waals surface area contributed by atoms with Crippen LogP contribution < -0.4 is 4.90 Å². The lowest BCUT2D eigenvalue weighted by Gasteiger charge is -2.29. The van der Waals surface area contributed by atoms with Crippen LogP contribution >= 0.6 is 0 Å². The van der Waals surface area contributed by atoms with E-state index in [-0.39, 0.29) is 11.8 Å². The van der Waals surface area contributed by atoms with Gasteiger partial charge in [-0.1, -0.05) is 25.5 Å². The average Bonchev–Trinajstić information content (AvgIpc) is 3.13. The Morgan fingerprint density at radius 2 is 1.67 bits per heavy atom. The summed E-state index contributed by atoms with van der Waals surface area (Å²) in [5.41, 5.74) is 2.48. The van der Waals surface area contributed by atoms with Gasteiger partial charge in [-0.15, -0.1) is 0 Å². The Kier molecular flexibility index (Phi) is 3.75. The molecule has 2 amide bonds. The zero-order chi connectivity index (χ0) is 16.7. The molecule has 1 saturated heterocycles. The Bertz CT molecular complexity index is 799. The summed E-state index contributed by atoms with van der Waals surface area (Å²) < 4.78 is 0. The van der Waals surface area contributed by atoms with Crippen LogP contribution in [0.3, 0.4) is 0 Å². The van der Waals surface area contributed by atoms with Gasteiger partial charge < -0.3 is 4.90 Å². The van der Waals surface area contributed by atoms with Gasteiger partial charge in [-0.2, -0.15) is 0 Å². The Balaban J connectivity index is 1.88. The normalized spacial score (nSPS) is 17.2. The molecule has 2 heterocycles. The van der Waals surface area contributed by atoms with Crippen LogP contribution in [0, 0.1) is 0 Å². The van der Waals surface area contributed by atoms with Crippen molar-refractivity contribution < 1.29 is 9.59 Å². The number of unbranched alkanes of at least 4 members (excludes halogenated alkanes) is 1. The zero-order valence-electron chi connectivity index (χ0n) is 14.0. The van der Waals surface area contributed by atoms with Crippen molar-refractivity contribution in [1.29, 1.82) is 0 Å². The summed E-state index contributed by atoms with van der Waals surface area (Å²) in [7, 11) is 0. The molecule has 0 radical (unpaired) electrons. The van der Waals surface area contributed by atoms with E-state index in [0.717, 1.165) is 42.4 Å². The van der Waals surface area contributed by atoms with Gasteiger partial charge in [0.05, 0.1) is 0 Å². The average molecular weight is 322 g/mol. The van der Waals surface area contributed by atoms with Crippen LogP contribution in [0.15, 0.2) is 30.3 Å². The first-order chi connectivity index (χ1) is 11.7. The number of hydrogen-bond donors (Lipinski definition) is 0. The lowest BCUT2D eigenvalue weighted by molar-refractivity contribution is 0.0608. The number of carbonyl (C=O) groups excluding carboxylic acids is 2. The van der Waals surface area contributed by atoms with Crippen LogP contribution in [-0.2, 0) is 0 Å². The van der Waals surface area contributed by atoms with E-state index < -0.39 is 0 Å². The first kappa shape index (κ1) is 15.2. The standard InChI is InChI=1S/C20H22N2O2/c1-2-3-13-22-19(23)15-8-6-7-14-17(21-11-4-5-12-21)10-9-16(18(14)15)20(22)24/h6-10H,2-5,11-13H2,1H3. The molecule has 4 nitrogen and oxygen atoms in total. The van der Waals surface area contributed by atoms with Crippen LogP contribution in [-0.4, -0.2) is 36.3 Å².